The maximum atomic E-state index is 13.3. The van der Waals surface area contributed by atoms with Gasteiger partial charge in [0.05, 0.1) is 17.2 Å². The van der Waals surface area contributed by atoms with Crippen LogP contribution in [0.5, 0.6) is 0 Å². The highest BCUT2D eigenvalue weighted by Gasteiger charge is 2.46. The van der Waals surface area contributed by atoms with Crippen molar-refractivity contribution in [3.05, 3.63) is 46.8 Å². The van der Waals surface area contributed by atoms with Gasteiger partial charge in [0, 0.05) is 31.8 Å². The zero-order valence-electron chi connectivity index (χ0n) is 21.7. The largest absolute Gasteiger partial charge is 0.493 e. The Labute approximate surface area is 227 Å². The Morgan fingerprint density at radius 2 is 1.39 bits per heavy atom. The Hall–Kier alpha value is -3.79. The number of hydroxylamine groups is 2. The summed E-state index contributed by atoms with van der Waals surface area (Å²) < 4.78 is 119. The van der Waals surface area contributed by atoms with Crippen molar-refractivity contribution in [2.45, 2.75) is 63.2 Å². The van der Waals surface area contributed by atoms with Crippen LogP contribution in [0.25, 0.3) is 0 Å². The molecule has 41 heavy (non-hydrogen) atoms. The number of hydrogen-bond acceptors (Lipinski definition) is 7. The topological polar surface area (TPSA) is 87.7 Å². The van der Waals surface area contributed by atoms with E-state index in [9.17, 15) is 49.1 Å². The number of amides is 1. The lowest BCUT2D eigenvalue weighted by molar-refractivity contribution is -0.235. The standard InChI is InChI=1S/C24H24F9N5O3/c1-12-34-18(11-19(35-12)37(2)3)36-16-4-6-17(7-5-16)38(41-21(40)24(31,32)33)20(39)13-8-14(22(25,26)27)10-15(9-13)23(28,29)30/h8-11,16-17H,4-7H2,1-3H3,(H,34,35,36). The number of halogens is 9. The van der Waals surface area contributed by atoms with Gasteiger partial charge in [0.25, 0.3) is 5.91 Å². The van der Waals surface area contributed by atoms with Crippen molar-refractivity contribution in [3.63, 3.8) is 0 Å². The summed E-state index contributed by atoms with van der Waals surface area (Å²) >= 11 is 0. The van der Waals surface area contributed by atoms with Crippen LogP contribution in [0.3, 0.4) is 0 Å². The van der Waals surface area contributed by atoms with E-state index in [1.165, 1.54) is 0 Å². The molecule has 0 bridgehead atoms. The monoisotopic (exact) mass is 601 g/mol. The van der Waals surface area contributed by atoms with E-state index in [0.717, 1.165) is 0 Å². The van der Waals surface area contributed by atoms with Crippen LogP contribution in [0.1, 0.15) is 53.0 Å². The number of anilines is 2. The molecular weight excluding hydrogens is 577 g/mol. The summed E-state index contributed by atoms with van der Waals surface area (Å²) in [6.45, 7) is 1.66. The molecule has 17 heteroatoms. The van der Waals surface area contributed by atoms with E-state index in [2.05, 4.69) is 20.1 Å². The minimum absolute atomic E-state index is 0.0545. The van der Waals surface area contributed by atoms with Crippen molar-refractivity contribution < 1.29 is 53.9 Å². The zero-order valence-corrected chi connectivity index (χ0v) is 21.7. The van der Waals surface area contributed by atoms with Crippen molar-refractivity contribution in [2.24, 2.45) is 0 Å². The Morgan fingerprint density at radius 3 is 1.85 bits per heavy atom. The molecule has 1 fully saturated rings. The van der Waals surface area contributed by atoms with E-state index in [1.54, 1.807) is 32.0 Å². The van der Waals surface area contributed by atoms with E-state index >= 15 is 0 Å². The van der Waals surface area contributed by atoms with Crippen LogP contribution < -0.4 is 10.2 Å². The third kappa shape index (κ3) is 8.13. The quantitative estimate of drug-likeness (QED) is 0.344. The zero-order chi connectivity index (χ0) is 30.9. The summed E-state index contributed by atoms with van der Waals surface area (Å²) in [5.74, 6) is -3.16. The molecule has 1 aliphatic carbocycles. The molecule has 0 aliphatic heterocycles. The predicted molar refractivity (Wildman–Crippen MR) is 126 cm³/mol. The summed E-state index contributed by atoms with van der Waals surface area (Å²) in [6, 6.07) is -0.0865. The predicted octanol–water partition coefficient (Wildman–Crippen LogP) is 5.77. The summed E-state index contributed by atoms with van der Waals surface area (Å²) in [6.07, 6.45) is -16.1. The van der Waals surface area contributed by atoms with Crippen molar-refractivity contribution in [2.75, 3.05) is 24.3 Å². The first kappa shape index (κ1) is 31.7. The van der Waals surface area contributed by atoms with Crippen molar-refractivity contribution >= 4 is 23.5 Å². The number of carbonyl (C=O) groups excluding carboxylic acids is 2. The Morgan fingerprint density at radius 1 is 0.854 bits per heavy atom. The van der Waals surface area contributed by atoms with Crippen LogP contribution in [0, 0.1) is 6.92 Å². The molecule has 0 radical (unpaired) electrons. The normalized spacial score (nSPS) is 18.0. The molecular formula is C24H24F9N5O3. The molecule has 1 N–H and O–H groups in total. The van der Waals surface area contributed by atoms with Crippen molar-refractivity contribution in [1.82, 2.24) is 15.0 Å². The van der Waals surface area contributed by atoms with E-state index < -0.39 is 53.1 Å². The summed E-state index contributed by atoms with van der Waals surface area (Å²) in [5.41, 5.74) is -4.97. The molecule has 0 saturated heterocycles. The lowest BCUT2D eigenvalue weighted by atomic mass is 9.90. The first-order chi connectivity index (χ1) is 18.8. The average Bonchev–Trinajstić information content (AvgIpc) is 2.85. The molecule has 0 spiro atoms. The second-order valence-electron chi connectivity index (χ2n) is 9.50. The van der Waals surface area contributed by atoms with Gasteiger partial charge in [0.2, 0.25) is 0 Å². The third-order valence-corrected chi connectivity index (χ3v) is 6.11. The Bertz CT molecular complexity index is 1240. The van der Waals surface area contributed by atoms with Gasteiger partial charge in [-0.2, -0.15) is 44.6 Å². The van der Waals surface area contributed by atoms with E-state index in [1.807, 2.05) is 0 Å². The van der Waals surface area contributed by atoms with Crippen LogP contribution in [-0.4, -0.2) is 59.3 Å². The fourth-order valence-electron chi connectivity index (χ4n) is 4.15. The van der Waals surface area contributed by atoms with E-state index in [4.69, 9.17) is 0 Å². The molecule has 1 aromatic heterocycles. The van der Waals surface area contributed by atoms with Gasteiger partial charge in [-0.25, -0.2) is 14.8 Å². The second-order valence-corrected chi connectivity index (χ2v) is 9.50. The maximum Gasteiger partial charge on any atom is 0.493 e. The molecule has 8 nitrogen and oxygen atoms in total. The SMILES string of the molecule is Cc1nc(NC2CCC(N(OC(=O)C(F)(F)F)C(=O)c3cc(C(F)(F)F)cc(C(F)(F)F)c3)CC2)cc(N(C)C)n1. The summed E-state index contributed by atoms with van der Waals surface area (Å²) in [7, 11) is 3.51. The number of nitrogens with zero attached hydrogens (tertiary/aromatic N) is 4. The van der Waals surface area contributed by atoms with Gasteiger partial charge in [-0.1, -0.05) is 0 Å². The molecule has 1 amide bonds. The summed E-state index contributed by atoms with van der Waals surface area (Å²) in [4.78, 5) is 39.2. The molecule has 1 heterocycles. The Kier molecular flexibility index (Phi) is 8.98. The van der Waals surface area contributed by atoms with E-state index in [-0.39, 0.29) is 55.0 Å². The minimum Gasteiger partial charge on any atom is -0.367 e. The van der Waals surface area contributed by atoms with Crippen LogP contribution in [0.15, 0.2) is 24.3 Å². The molecule has 0 unspecified atom stereocenters. The fraction of sp³-hybridized carbons (Fsp3) is 0.500. The highest BCUT2D eigenvalue weighted by molar-refractivity contribution is 5.95. The number of nitrogens with one attached hydrogen (secondary N) is 1. The van der Waals surface area contributed by atoms with E-state index in [0.29, 0.717) is 17.5 Å². The second kappa shape index (κ2) is 11.6. The van der Waals surface area contributed by atoms with Crippen molar-refractivity contribution in [3.8, 4) is 0 Å². The molecule has 1 saturated carbocycles. The smallest absolute Gasteiger partial charge is 0.367 e. The number of benzene rings is 1. The molecule has 2 aromatic rings. The molecule has 1 aromatic carbocycles. The number of carbonyl (C=O) groups is 2. The molecule has 0 atom stereocenters. The molecule has 3 rings (SSSR count). The van der Waals surface area contributed by atoms with Gasteiger partial charge in [-0.3, -0.25) is 4.79 Å². The fourth-order valence-corrected chi connectivity index (χ4v) is 4.15. The lowest BCUT2D eigenvalue weighted by Crippen LogP contribution is -2.47. The van der Waals surface area contributed by atoms with Gasteiger partial charge in [-0.05, 0) is 50.8 Å². The minimum atomic E-state index is -5.60. The maximum absolute atomic E-state index is 13.3. The number of aromatic nitrogens is 2. The Balaban J connectivity index is 1.88. The summed E-state index contributed by atoms with van der Waals surface area (Å²) in [5, 5.41) is 3.05. The first-order valence-corrected chi connectivity index (χ1v) is 12.0. The number of alkyl halides is 9. The van der Waals surface area contributed by atoms with Crippen LogP contribution in [-0.2, 0) is 22.0 Å². The lowest BCUT2D eigenvalue weighted by Gasteiger charge is -2.35. The van der Waals surface area contributed by atoms with Gasteiger partial charge in [0.15, 0.2) is 0 Å². The number of rotatable bonds is 5. The van der Waals surface area contributed by atoms with Gasteiger partial charge in [-0.15, -0.1) is 0 Å². The van der Waals surface area contributed by atoms with Gasteiger partial charge in [0.1, 0.15) is 17.5 Å². The van der Waals surface area contributed by atoms with Crippen molar-refractivity contribution in [1.29, 1.82) is 0 Å². The highest BCUT2D eigenvalue weighted by atomic mass is 19.4. The highest BCUT2D eigenvalue weighted by Crippen LogP contribution is 2.37. The first-order valence-electron chi connectivity index (χ1n) is 12.0. The van der Waals surface area contributed by atoms with Gasteiger partial charge >= 0.3 is 24.5 Å². The third-order valence-electron chi connectivity index (χ3n) is 6.11. The van der Waals surface area contributed by atoms with Crippen LogP contribution >= 0.6 is 0 Å². The number of aryl methyl sites for hydroxylation is 1. The average molecular weight is 601 g/mol. The molecule has 226 valence electrons. The van der Waals surface area contributed by atoms with Crippen LogP contribution in [0.4, 0.5) is 51.1 Å². The van der Waals surface area contributed by atoms with Gasteiger partial charge < -0.3 is 15.1 Å². The van der Waals surface area contributed by atoms with Crippen LogP contribution in [0.2, 0.25) is 0 Å². The molecule has 1 aliphatic rings. The number of hydrogen-bond donors (Lipinski definition) is 1.